The summed E-state index contributed by atoms with van der Waals surface area (Å²) >= 11 is 3.44. The van der Waals surface area contributed by atoms with E-state index in [4.69, 9.17) is 4.74 Å². The van der Waals surface area contributed by atoms with Crippen molar-refractivity contribution in [2.75, 3.05) is 7.11 Å². The number of hydrogen-bond acceptors (Lipinski definition) is 6. The molecule has 3 aromatic rings. The van der Waals surface area contributed by atoms with E-state index in [2.05, 4.69) is 27.8 Å². The Bertz CT molecular complexity index is 742. The molecule has 1 atom stereocenters. The Morgan fingerprint density at radius 3 is 2.83 bits per heavy atom. The van der Waals surface area contributed by atoms with Gasteiger partial charge in [-0.2, -0.15) is 0 Å². The zero-order chi connectivity index (χ0) is 16.8. The molecule has 0 amide bonds. The van der Waals surface area contributed by atoms with Crippen molar-refractivity contribution in [3.8, 4) is 5.75 Å². The molecule has 0 aliphatic rings. The Labute approximate surface area is 149 Å². The molecule has 126 valence electrons. The van der Waals surface area contributed by atoms with Crippen molar-refractivity contribution >= 4 is 22.7 Å². The molecule has 0 saturated carbocycles. The number of thiazole rings is 1. The van der Waals surface area contributed by atoms with Crippen molar-refractivity contribution in [1.29, 1.82) is 0 Å². The largest absolute Gasteiger partial charge is 0.496 e. The molecular weight excluding hydrogens is 340 g/mol. The van der Waals surface area contributed by atoms with Crippen molar-refractivity contribution in [2.45, 2.75) is 25.6 Å². The summed E-state index contributed by atoms with van der Waals surface area (Å²) in [5.74, 6) is 0.719. The highest BCUT2D eigenvalue weighted by atomic mass is 32.1. The average molecular weight is 361 g/mol. The number of aromatic nitrogens is 1. The fourth-order valence-corrected chi connectivity index (χ4v) is 4.06. The van der Waals surface area contributed by atoms with Gasteiger partial charge < -0.3 is 15.2 Å². The monoisotopic (exact) mass is 360 g/mol. The fourth-order valence-electron chi connectivity index (χ4n) is 2.59. The van der Waals surface area contributed by atoms with Crippen LogP contribution in [-0.4, -0.2) is 17.2 Å². The van der Waals surface area contributed by atoms with Crippen LogP contribution >= 0.6 is 22.7 Å². The Morgan fingerprint density at radius 1 is 1.25 bits per heavy atom. The van der Waals surface area contributed by atoms with Crippen LogP contribution in [0.2, 0.25) is 0 Å². The number of nitrogens with one attached hydrogen (secondary N) is 1. The van der Waals surface area contributed by atoms with E-state index < -0.39 is 0 Å². The van der Waals surface area contributed by atoms with Gasteiger partial charge in [0.15, 0.2) is 0 Å². The standard InChI is InChI=1S/C18H20N2O2S2/c1-22-17-5-4-13(9-14(17)12-21)11-20-16(18-19-6-8-24-18)10-15-3-2-7-23-15/h2-9,16,20-21H,10-12H2,1H3. The number of benzene rings is 1. The van der Waals surface area contributed by atoms with Gasteiger partial charge in [0, 0.05) is 35.0 Å². The van der Waals surface area contributed by atoms with Gasteiger partial charge in [0.25, 0.3) is 0 Å². The van der Waals surface area contributed by atoms with Crippen LogP contribution in [0.15, 0.2) is 47.3 Å². The summed E-state index contributed by atoms with van der Waals surface area (Å²) < 4.78 is 5.26. The molecular formula is C18H20N2O2S2. The second-order valence-corrected chi connectivity index (χ2v) is 7.35. The van der Waals surface area contributed by atoms with E-state index in [-0.39, 0.29) is 12.6 Å². The molecule has 24 heavy (non-hydrogen) atoms. The third-order valence-electron chi connectivity index (χ3n) is 3.80. The zero-order valence-corrected chi connectivity index (χ0v) is 15.1. The van der Waals surface area contributed by atoms with Crippen LogP contribution in [0.1, 0.15) is 27.1 Å². The molecule has 2 N–H and O–H groups in total. The number of hydrogen-bond donors (Lipinski definition) is 2. The van der Waals surface area contributed by atoms with Gasteiger partial charge in [0.2, 0.25) is 0 Å². The van der Waals surface area contributed by atoms with E-state index in [0.717, 1.165) is 28.3 Å². The number of methoxy groups -OCH3 is 1. The zero-order valence-electron chi connectivity index (χ0n) is 13.4. The molecule has 2 heterocycles. The summed E-state index contributed by atoms with van der Waals surface area (Å²) in [6, 6.07) is 10.3. The summed E-state index contributed by atoms with van der Waals surface area (Å²) in [6.45, 7) is 0.689. The van der Waals surface area contributed by atoms with Crippen molar-refractivity contribution in [1.82, 2.24) is 10.3 Å². The second-order valence-electron chi connectivity index (χ2n) is 5.39. The molecule has 3 rings (SSSR count). The van der Waals surface area contributed by atoms with E-state index in [1.165, 1.54) is 4.88 Å². The lowest BCUT2D eigenvalue weighted by molar-refractivity contribution is 0.273. The third-order valence-corrected chi connectivity index (χ3v) is 5.59. The van der Waals surface area contributed by atoms with Gasteiger partial charge in [-0.25, -0.2) is 4.98 Å². The smallest absolute Gasteiger partial charge is 0.124 e. The summed E-state index contributed by atoms with van der Waals surface area (Å²) in [5, 5.41) is 18.3. The minimum absolute atomic E-state index is 0.0257. The minimum atomic E-state index is -0.0257. The van der Waals surface area contributed by atoms with Gasteiger partial charge in [-0.3, -0.25) is 0 Å². The first-order chi connectivity index (χ1) is 11.8. The topological polar surface area (TPSA) is 54.4 Å². The highest BCUT2D eigenvalue weighted by Gasteiger charge is 2.15. The molecule has 0 bridgehead atoms. The van der Waals surface area contributed by atoms with E-state index in [1.807, 2.05) is 29.8 Å². The minimum Gasteiger partial charge on any atom is -0.496 e. The normalized spacial score (nSPS) is 12.2. The number of aliphatic hydroxyl groups excluding tert-OH is 1. The first-order valence-electron chi connectivity index (χ1n) is 7.72. The summed E-state index contributed by atoms with van der Waals surface area (Å²) in [4.78, 5) is 5.81. The van der Waals surface area contributed by atoms with Crippen LogP contribution in [0.3, 0.4) is 0 Å². The molecule has 0 radical (unpaired) electrons. The van der Waals surface area contributed by atoms with Gasteiger partial charge in [-0.1, -0.05) is 12.1 Å². The van der Waals surface area contributed by atoms with Crippen LogP contribution in [0, 0.1) is 0 Å². The van der Waals surface area contributed by atoms with E-state index in [1.54, 1.807) is 29.8 Å². The lowest BCUT2D eigenvalue weighted by atomic mass is 10.1. The number of rotatable bonds is 8. The van der Waals surface area contributed by atoms with Crippen LogP contribution in [0.5, 0.6) is 5.75 Å². The van der Waals surface area contributed by atoms with Crippen molar-refractivity contribution < 1.29 is 9.84 Å². The highest BCUT2D eigenvalue weighted by molar-refractivity contribution is 7.10. The van der Waals surface area contributed by atoms with Gasteiger partial charge in [0.05, 0.1) is 19.8 Å². The van der Waals surface area contributed by atoms with Crippen LogP contribution < -0.4 is 10.1 Å². The maximum Gasteiger partial charge on any atom is 0.124 e. The highest BCUT2D eigenvalue weighted by Crippen LogP contribution is 2.24. The Hall–Kier alpha value is -1.73. The molecule has 1 aromatic carbocycles. The van der Waals surface area contributed by atoms with Crippen molar-refractivity contribution in [3.63, 3.8) is 0 Å². The van der Waals surface area contributed by atoms with Crippen LogP contribution in [0.25, 0.3) is 0 Å². The van der Waals surface area contributed by atoms with Gasteiger partial charge >= 0.3 is 0 Å². The predicted molar refractivity (Wildman–Crippen MR) is 98.6 cm³/mol. The molecule has 0 aliphatic carbocycles. The average Bonchev–Trinajstić information content (AvgIpc) is 3.31. The predicted octanol–water partition coefficient (Wildman–Crippen LogP) is 3.78. The van der Waals surface area contributed by atoms with E-state index in [9.17, 15) is 5.11 Å². The van der Waals surface area contributed by atoms with Gasteiger partial charge in [-0.05, 0) is 29.1 Å². The Kier molecular flexibility index (Phi) is 5.98. The van der Waals surface area contributed by atoms with Crippen molar-refractivity contribution in [3.05, 3.63) is 68.3 Å². The number of nitrogens with zero attached hydrogens (tertiary/aromatic N) is 1. The molecule has 4 nitrogen and oxygen atoms in total. The molecule has 0 spiro atoms. The molecule has 6 heteroatoms. The maximum atomic E-state index is 9.47. The SMILES string of the molecule is COc1ccc(CNC(Cc2cccs2)c2nccs2)cc1CO. The lowest BCUT2D eigenvalue weighted by Gasteiger charge is -2.17. The summed E-state index contributed by atoms with van der Waals surface area (Å²) in [6.07, 6.45) is 2.77. The molecule has 0 fully saturated rings. The van der Waals surface area contributed by atoms with E-state index in [0.29, 0.717) is 6.54 Å². The quantitative estimate of drug-likeness (QED) is 0.642. The molecule has 0 aliphatic heterocycles. The maximum absolute atomic E-state index is 9.47. The summed E-state index contributed by atoms with van der Waals surface area (Å²) in [7, 11) is 1.62. The Balaban J connectivity index is 1.71. The van der Waals surface area contributed by atoms with Crippen LogP contribution in [0.4, 0.5) is 0 Å². The Morgan fingerprint density at radius 2 is 2.17 bits per heavy atom. The number of ether oxygens (including phenoxy) is 1. The fraction of sp³-hybridized carbons (Fsp3) is 0.278. The molecule has 1 unspecified atom stereocenters. The third kappa shape index (κ3) is 4.21. The van der Waals surface area contributed by atoms with Crippen LogP contribution in [-0.2, 0) is 19.6 Å². The van der Waals surface area contributed by atoms with Gasteiger partial charge in [0.1, 0.15) is 10.8 Å². The number of aliphatic hydroxyl groups is 1. The number of thiophene rings is 1. The second kappa shape index (κ2) is 8.39. The van der Waals surface area contributed by atoms with E-state index >= 15 is 0 Å². The first kappa shape index (κ1) is 17.1. The molecule has 2 aromatic heterocycles. The lowest BCUT2D eigenvalue weighted by Crippen LogP contribution is -2.22. The van der Waals surface area contributed by atoms with Crippen molar-refractivity contribution in [2.24, 2.45) is 0 Å². The molecule has 0 saturated heterocycles. The van der Waals surface area contributed by atoms with Gasteiger partial charge in [-0.15, -0.1) is 22.7 Å². The first-order valence-corrected chi connectivity index (χ1v) is 9.48. The summed E-state index contributed by atoms with van der Waals surface area (Å²) in [5.41, 5.74) is 1.92.